The molecule has 0 bridgehead atoms. The Balaban J connectivity index is 0.00000161. The van der Waals surface area contributed by atoms with Gasteiger partial charge >= 0.3 is 0 Å². The van der Waals surface area contributed by atoms with Crippen molar-refractivity contribution in [2.75, 3.05) is 7.05 Å². The number of benzene rings is 1. The zero-order valence-electron chi connectivity index (χ0n) is 12.5. The van der Waals surface area contributed by atoms with Crippen LogP contribution in [-0.4, -0.2) is 17.7 Å². The minimum absolute atomic E-state index is 0. The first-order chi connectivity index (χ1) is 9.66. The lowest BCUT2D eigenvalue weighted by atomic mass is 10.0. The third-order valence-electron chi connectivity index (χ3n) is 3.81. The Morgan fingerprint density at radius 2 is 1.86 bits per heavy atom. The Morgan fingerprint density at radius 3 is 2.67 bits per heavy atom. The number of para-hydroxylation sites is 1. The first-order valence-electron chi connectivity index (χ1n) is 6.82. The van der Waals surface area contributed by atoms with Crippen LogP contribution < -0.4 is 0 Å². The molecule has 3 heteroatoms. The van der Waals surface area contributed by atoms with Gasteiger partial charge in [-0.1, -0.05) is 30.4 Å². The molecule has 2 aliphatic rings. The van der Waals surface area contributed by atoms with Gasteiger partial charge in [-0.15, -0.1) is 24.0 Å². The molecule has 1 aromatic rings. The summed E-state index contributed by atoms with van der Waals surface area (Å²) in [6.07, 6.45) is 10.6. The smallest absolute Gasteiger partial charge is 0.0712 e. The van der Waals surface area contributed by atoms with Crippen molar-refractivity contribution in [2.45, 2.75) is 13.8 Å². The minimum Gasteiger partial charge on any atom is -0.348 e. The number of allylic oxidation sites excluding steroid dienone is 7. The molecule has 0 N–H and O–H groups in total. The quantitative estimate of drug-likeness (QED) is 0.611. The van der Waals surface area contributed by atoms with E-state index in [4.69, 9.17) is 0 Å². The van der Waals surface area contributed by atoms with Crippen molar-refractivity contribution in [1.82, 2.24) is 4.90 Å². The fraction of sp³-hybridized carbons (Fsp3) is 0.167. The molecule has 21 heavy (non-hydrogen) atoms. The summed E-state index contributed by atoms with van der Waals surface area (Å²) in [5.74, 6) is 0. The number of hydrogen-bond donors (Lipinski definition) is 0. The van der Waals surface area contributed by atoms with E-state index in [1.807, 2.05) is 6.07 Å². The van der Waals surface area contributed by atoms with Crippen LogP contribution in [-0.2, 0) is 0 Å². The largest absolute Gasteiger partial charge is 0.348 e. The van der Waals surface area contributed by atoms with Gasteiger partial charge in [-0.2, -0.15) is 0 Å². The second-order valence-corrected chi connectivity index (χ2v) is 5.11. The molecule has 0 radical (unpaired) electrons. The van der Waals surface area contributed by atoms with Crippen molar-refractivity contribution in [1.29, 1.82) is 0 Å². The molecule has 0 amide bonds. The van der Waals surface area contributed by atoms with E-state index < -0.39 is 0 Å². The lowest BCUT2D eigenvalue weighted by molar-refractivity contribution is 0.533. The highest BCUT2D eigenvalue weighted by atomic mass is 127. The van der Waals surface area contributed by atoms with Crippen LogP contribution in [0, 0.1) is 0 Å². The molecule has 0 fully saturated rings. The number of rotatable bonds is 1. The molecule has 0 spiro atoms. The Kier molecular flexibility index (Phi) is 4.83. The Labute approximate surface area is 143 Å². The second kappa shape index (κ2) is 6.43. The molecule has 0 unspecified atom stereocenters. The van der Waals surface area contributed by atoms with E-state index >= 15 is 0 Å². The van der Waals surface area contributed by atoms with Gasteiger partial charge in [0.2, 0.25) is 0 Å². The number of nitrogens with zero attached hydrogens (tertiary/aromatic N) is 2. The Hall–Kier alpha value is -1.62. The topological polar surface area (TPSA) is 15.6 Å². The summed E-state index contributed by atoms with van der Waals surface area (Å²) in [7, 11) is 2.09. The summed E-state index contributed by atoms with van der Waals surface area (Å²) in [6, 6.07) is 8.29. The van der Waals surface area contributed by atoms with Gasteiger partial charge in [0.05, 0.1) is 5.69 Å². The van der Waals surface area contributed by atoms with Crippen molar-refractivity contribution in [3.8, 4) is 0 Å². The first kappa shape index (κ1) is 15.8. The fourth-order valence-corrected chi connectivity index (χ4v) is 2.49. The first-order valence-corrected chi connectivity index (χ1v) is 6.82. The van der Waals surface area contributed by atoms with Crippen LogP contribution in [0.15, 0.2) is 71.0 Å². The number of fused-ring (bicyclic) bond motifs is 1. The van der Waals surface area contributed by atoms with Gasteiger partial charge in [0.25, 0.3) is 0 Å². The summed E-state index contributed by atoms with van der Waals surface area (Å²) in [5, 5.41) is 0. The normalized spacial score (nSPS) is 20.2. The van der Waals surface area contributed by atoms with Gasteiger partial charge in [-0.25, -0.2) is 0 Å². The third kappa shape index (κ3) is 3.02. The van der Waals surface area contributed by atoms with E-state index in [2.05, 4.69) is 79.4 Å². The van der Waals surface area contributed by atoms with E-state index in [1.54, 1.807) is 0 Å². The molecular formula is C18H19IN2. The molecule has 108 valence electrons. The van der Waals surface area contributed by atoms with Crippen molar-refractivity contribution in [3.63, 3.8) is 0 Å². The average Bonchev–Trinajstić information content (AvgIpc) is 2.76. The summed E-state index contributed by atoms with van der Waals surface area (Å²) in [5.41, 5.74) is 7.01. The maximum Gasteiger partial charge on any atom is 0.0712 e. The molecule has 0 atom stereocenters. The van der Waals surface area contributed by atoms with Gasteiger partial charge < -0.3 is 4.90 Å². The Bertz CT molecular complexity index is 706. The number of halogens is 1. The van der Waals surface area contributed by atoms with Crippen molar-refractivity contribution >= 4 is 40.9 Å². The highest BCUT2D eigenvalue weighted by molar-refractivity contribution is 14.0. The lowest BCUT2D eigenvalue weighted by Gasteiger charge is -2.23. The van der Waals surface area contributed by atoms with Crippen molar-refractivity contribution < 1.29 is 0 Å². The van der Waals surface area contributed by atoms with Crippen LogP contribution in [0.3, 0.4) is 0 Å². The van der Waals surface area contributed by atoms with Crippen LogP contribution in [0.5, 0.6) is 0 Å². The molecule has 2 aliphatic heterocycles. The highest BCUT2D eigenvalue weighted by Gasteiger charge is 2.16. The summed E-state index contributed by atoms with van der Waals surface area (Å²) in [4.78, 5) is 6.79. The van der Waals surface area contributed by atoms with Gasteiger partial charge in [-0.3, -0.25) is 4.99 Å². The molecule has 3 rings (SSSR count). The predicted octanol–water partition coefficient (Wildman–Crippen LogP) is 5.08. The zero-order valence-corrected chi connectivity index (χ0v) is 14.8. The predicted molar refractivity (Wildman–Crippen MR) is 101 cm³/mol. The van der Waals surface area contributed by atoms with Crippen LogP contribution in [0.25, 0.3) is 5.57 Å². The lowest BCUT2D eigenvalue weighted by Crippen LogP contribution is -2.15. The summed E-state index contributed by atoms with van der Waals surface area (Å²) in [6.45, 7) is 4.18. The molecular weight excluding hydrogens is 371 g/mol. The maximum atomic E-state index is 4.61. The number of hydrogen-bond acceptors (Lipinski definition) is 2. The standard InChI is InChI=1S/C18H18N2.HI/c1-13-7-6-8-15(20(13)3)11-12-16-14(2)19-18-10-5-4-9-17(16)18;/h4-12H,1-3H3;1H. The van der Waals surface area contributed by atoms with Gasteiger partial charge in [0.15, 0.2) is 0 Å². The van der Waals surface area contributed by atoms with E-state index in [0.717, 1.165) is 11.4 Å². The molecule has 2 heterocycles. The molecule has 0 saturated carbocycles. The van der Waals surface area contributed by atoms with Gasteiger partial charge in [-0.05, 0) is 38.1 Å². The Morgan fingerprint density at radius 1 is 1.10 bits per heavy atom. The van der Waals surface area contributed by atoms with Crippen molar-refractivity contribution in [3.05, 3.63) is 71.6 Å². The fourth-order valence-electron chi connectivity index (χ4n) is 2.49. The van der Waals surface area contributed by atoms with E-state index in [-0.39, 0.29) is 24.0 Å². The van der Waals surface area contributed by atoms with E-state index in [1.165, 1.54) is 22.5 Å². The van der Waals surface area contributed by atoms with Crippen molar-refractivity contribution in [2.24, 2.45) is 4.99 Å². The molecule has 2 nitrogen and oxygen atoms in total. The monoisotopic (exact) mass is 390 g/mol. The van der Waals surface area contributed by atoms with Crippen LogP contribution in [0.1, 0.15) is 19.4 Å². The zero-order chi connectivity index (χ0) is 14.1. The van der Waals surface area contributed by atoms with Crippen LogP contribution in [0.4, 0.5) is 5.69 Å². The third-order valence-corrected chi connectivity index (χ3v) is 3.81. The molecule has 0 saturated heterocycles. The highest BCUT2D eigenvalue weighted by Crippen LogP contribution is 2.34. The van der Waals surface area contributed by atoms with Crippen LogP contribution in [0.2, 0.25) is 0 Å². The molecule has 0 aromatic heterocycles. The maximum absolute atomic E-state index is 4.61. The summed E-state index contributed by atoms with van der Waals surface area (Å²) < 4.78 is 0. The van der Waals surface area contributed by atoms with E-state index in [0.29, 0.717) is 0 Å². The van der Waals surface area contributed by atoms with Gasteiger partial charge in [0, 0.05) is 35.3 Å². The molecule has 1 aromatic carbocycles. The number of likely N-dealkylation sites (N-methyl/N-ethyl adjacent to an activating group) is 1. The van der Waals surface area contributed by atoms with E-state index in [9.17, 15) is 0 Å². The average molecular weight is 390 g/mol. The van der Waals surface area contributed by atoms with Gasteiger partial charge in [0.1, 0.15) is 0 Å². The molecule has 0 aliphatic carbocycles. The SMILES string of the molecule is CC1=CC=CC(=CC=C2C(C)=Nc3ccccc32)N1C.I. The minimum atomic E-state index is 0. The number of aliphatic imine (C=N–C) groups is 1. The summed E-state index contributed by atoms with van der Waals surface area (Å²) >= 11 is 0. The van der Waals surface area contributed by atoms with Crippen LogP contribution >= 0.6 is 24.0 Å². The second-order valence-electron chi connectivity index (χ2n) is 5.11.